The number of fused-ring (bicyclic) bond motifs is 1. The Morgan fingerprint density at radius 3 is 2.57 bits per heavy atom. The summed E-state index contributed by atoms with van der Waals surface area (Å²) in [5.41, 5.74) is 4.84. The molecule has 148 valence electrons. The van der Waals surface area contributed by atoms with E-state index in [9.17, 15) is 0 Å². The molecule has 0 fully saturated rings. The molecule has 3 rings (SSSR count). The topological polar surface area (TPSA) is 70.7 Å². The van der Waals surface area contributed by atoms with E-state index >= 15 is 0 Å². The minimum absolute atomic E-state index is 0.645. The van der Waals surface area contributed by atoms with E-state index < -0.39 is 0 Å². The lowest BCUT2D eigenvalue weighted by Gasteiger charge is -2.13. The molecule has 6 heteroatoms. The van der Waals surface area contributed by atoms with Gasteiger partial charge in [-0.25, -0.2) is 0 Å². The number of aryl methyl sites for hydroxylation is 1. The predicted molar refractivity (Wildman–Crippen MR) is 114 cm³/mol. The van der Waals surface area contributed by atoms with Crippen LogP contribution in [0.1, 0.15) is 16.8 Å². The van der Waals surface area contributed by atoms with E-state index in [0.717, 1.165) is 36.0 Å². The lowest BCUT2D eigenvalue weighted by atomic mass is 10.1. The van der Waals surface area contributed by atoms with Gasteiger partial charge in [-0.3, -0.25) is 4.99 Å². The highest BCUT2D eigenvalue weighted by atomic mass is 16.5. The van der Waals surface area contributed by atoms with Crippen LogP contribution in [0.3, 0.4) is 0 Å². The van der Waals surface area contributed by atoms with Gasteiger partial charge >= 0.3 is 0 Å². The number of para-hydroxylation sites is 1. The number of hydrogen-bond donors (Lipinski definition) is 3. The monoisotopic (exact) mass is 380 g/mol. The van der Waals surface area contributed by atoms with E-state index in [0.29, 0.717) is 6.54 Å². The van der Waals surface area contributed by atoms with Gasteiger partial charge in [-0.15, -0.1) is 0 Å². The third-order valence-corrected chi connectivity index (χ3v) is 4.83. The number of nitrogens with zero attached hydrogens (tertiary/aromatic N) is 1. The molecule has 0 unspecified atom stereocenters. The number of guanidine groups is 1. The summed E-state index contributed by atoms with van der Waals surface area (Å²) in [4.78, 5) is 7.76. The summed E-state index contributed by atoms with van der Waals surface area (Å²) in [6.45, 7) is 3.57. The highest BCUT2D eigenvalue weighted by molar-refractivity contribution is 5.84. The second-order valence-electron chi connectivity index (χ2n) is 6.57. The zero-order valence-corrected chi connectivity index (χ0v) is 16.9. The molecule has 28 heavy (non-hydrogen) atoms. The van der Waals surface area contributed by atoms with Crippen molar-refractivity contribution in [2.75, 3.05) is 27.8 Å². The number of ether oxygens (including phenoxy) is 2. The van der Waals surface area contributed by atoms with Gasteiger partial charge in [0.25, 0.3) is 0 Å². The van der Waals surface area contributed by atoms with Crippen molar-refractivity contribution in [3.63, 3.8) is 0 Å². The number of H-pyrrole nitrogens is 1. The van der Waals surface area contributed by atoms with Crippen LogP contribution in [-0.2, 0) is 13.0 Å². The highest BCUT2D eigenvalue weighted by Crippen LogP contribution is 2.27. The van der Waals surface area contributed by atoms with Gasteiger partial charge in [0.15, 0.2) is 17.5 Å². The molecular formula is C22H28N4O2. The maximum atomic E-state index is 5.36. The number of aromatic amines is 1. The Labute approximate surface area is 166 Å². The smallest absolute Gasteiger partial charge is 0.191 e. The normalized spacial score (nSPS) is 11.5. The van der Waals surface area contributed by atoms with Crippen molar-refractivity contribution in [1.29, 1.82) is 0 Å². The number of aliphatic imine (C=N–C) groups is 1. The number of benzene rings is 2. The molecule has 0 spiro atoms. The molecule has 0 amide bonds. The van der Waals surface area contributed by atoms with Crippen molar-refractivity contribution >= 4 is 16.9 Å². The molecule has 3 aromatic rings. The highest BCUT2D eigenvalue weighted by Gasteiger charge is 2.08. The van der Waals surface area contributed by atoms with Crippen molar-refractivity contribution in [2.24, 2.45) is 4.99 Å². The van der Waals surface area contributed by atoms with Gasteiger partial charge in [-0.05, 0) is 42.7 Å². The largest absolute Gasteiger partial charge is 0.493 e. The summed E-state index contributed by atoms with van der Waals surface area (Å²) in [7, 11) is 5.06. The zero-order chi connectivity index (χ0) is 19.9. The first-order chi connectivity index (χ1) is 13.7. The summed E-state index contributed by atoms with van der Waals surface area (Å²) in [6, 6.07) is 14.3. The number of rotatable bonds is 7. The third kappa shape index (κ3) is 4.39. The Kier molecular flexibility index (Phi) is 6.42. The van der Waals surface area contributed by atoms with Crippen LogP contribution >= 0.6 is 0 Å². The molecule has 6 nitrogen and oxygen atoms in total. The summed E-state index contributed by atoms with van der Waals surface area (Å²) in [6.07, 6.45) is 0.924. The molecule has 0 aliphatic rings. The molecular weight excluding hydrogens is 352 g/mol. The molecule has 0 radical (unpaired) electrons. The lowest BCUT2D eigenvalue weighted by molar-refractivity contribution is 0.354. The fraction of sp³-hybridized carbons (Fsp3) is 0.318. The molecule has 0 aliphatic heterocycles. The molecule has 0 bridgehead atoms. The minimum atomic E-state index is 0.645. The Morgan fingerprint density at radius 1 is 1.04 bits per heavy atom. The summed E-state index contributed by atoms with van der Waals surface area (Å²) >= 11 is 0. The van der Waals surface area contributed by atoms with Gasteiger partial charge in [-0.2, -0.15) is 0 Å². The van der Waals surface area contributed by atoms with Gasteiger partial charge in [0.2, 0.25) is 0 Å². The standard InChI is InChI=1S/C22H28N4O2/c1-15-17(18-7-5-6-8-19(18)26-15)11-12-24-22(23-2)25-14-16-9-10-20(27-3)21(13-16)28-4/h5-10,13,26H,11-12,14H2,1-4H3,(H2,23,24,25). The minimum Gasteiger partial charge on any atom is -0.493 e. The number of methoxy groups -OCH3 is 2. The van der Waals surface area contributed by atoms with Crippen LogP contribution in [0.25, 0.3) is 10.9 Å². The van der Waals surface area contributed by atoms with Gasteiger partial charge in [0, 0.05) is 36.7 Å². The molecule has 0 saturated heterocycles. The second kappa shape index (κ2) is 9.17. The van der Waals surface area contributed by atoms with Gasteiger partial charge in [0.1, 0.15) is 0 Å². The fourth-order valence-electron chi connectivity index (χ4n) is 3.36. The van der Waals surface area contributed by atoms with Crippen molar-refractivity contribution in [1.82, 2.24) is 15.6 Å². The van der Waals surface area contributed by atoms with Crippen molar-refractivity contribution in [2.45, 2.75) is 19.9 Å². The first-order valence-corrected chi connectivity index (χ1v) is 9.38. The molecule has 3 N–H and O–H groups in total. The van der Waals surface area contributed by atoms with Crippen molar-refractivity contribution in [3.8, 4) is 11.5 Å². The van der Waals surface area contributed by atoms with Crippen LogP contribution in [0.4, 0.5) is 0 Å². The molecule has 1 heterocycles. The molecule has 2 aromatic carbocycles. The SMILES string of the molecule is CN=C(NCCc1c(C)[nH]c2ccccc12)NCc1ccc(OC)c(OC)c1. The summed E-state index contributed by atoms with van der Waals surface area (Å²) < 4.78 is 10.6. The maximum Gasteiger partial charge on any atom is 0.191 e. The van der Waals surface area contributed by atoms with E-state index in [1.54, 1.807) is 21.3 Å². The summed E-state index contributed by atoms with van der Waals surface area (Å²) in [5, 5.41) is 8.02. The fourth-order valence-corrected chi connectivity index (χ4v) is 3.36. The Morgan fingerprint density at radius 2 is 1.82 bits per heavy atom. The van der Waals surface area contributed by atoms with Crippen LogP contribution in [0.15, 0.2) is 47.5 Å². The van der Waals surface area contributed by atoms with Crippen LogP contribution in [-0.4, -0.2) is 38.8 Å². The first-order valence-electron chi connectivity index (χ1n) is 9.38. The van der Waals surface area contributed by atoms with Crippen LogP contribution in [0, 0.1) is 6.92 Å². The van der Waals surface area contributed by atoms with E-state index in [4.69, 9.17) is 9.47 Å². The van der Waals surface area contributed by atoms with Crippen LogP contribution in [0.2, 0.25) is 0 Å². The molecule has 0 saturated carbocycles. The number of aromatic nitrogens is 1. The van der Waals surface area contributed by atoms with Crippen molar-refractivity contribution < 1.29 is 9.47 Å². The predicted octanol–water partition coefficient (Wildman–Crippen LogP) is 3.40. The average molecular weight is 380 g/mol. The van der Waals surface area contributed by atoms with Crippen LogP contribution in [0.5, 0.6) is 11.5 Å². The summed E-state index contributed by atoms with van der Waals surface area (Å²) in [5.74, 6) is 2.22. The van der Waals surface area contributed by atoms with Gasteiger partial charge in [0.05, 0.1) is 14.2 Å². The van der Waals surface area contributed by atoms with E-state index in [1.165, 1.54) is 22.2 Å². The van der Waals surface area contributed by atoms with E-state index in [-0.39, 0.29) is 0 Å². The second-order valence-corrected chi connectivity index (χ2v) is 6.57. The zero-order valence-electron chi connectivity index (χ0n) is 16.9. The average Bonchev–Trinajstić information content (AvgIpc) is 3.05. The quantitative estimate of drug-likeness (QED) is 0.434. The first kappa shape index (κ1) is 19.6. The van der Waals surface area contributed by atoms with Gasteiger partial charge < -0.3 is 25.1 Å². The Balaban J connectivity index is 1.56. The Hall–Kier alpha value is -3.15. The molecule has 1 aromatic heterocycles. The van der Waals surface area contributed by atoms with Crippen molar-refractivity contribution in [3.05, 3.63) is 59.3 Å². The molecule has 0 aliphatic carbocycles. The molecule has 0 atom stereocenters. The van der Waals surface area contributed by atoms with E-state index in [1.807, 2.05) is 18.2 Å². The maximum absolute atomic E-state index is 5.36. The number of nitrogens with one attached hydrogen (secondary N) is 3. The Bertz CT molecular complexity index is 962. The van der Waals surface area contributed by atoms with Crippen LogP contribution < -0.4 is 20.1 Å². The lowest BCUT2D eigenvalue weighted by Crippen LogP contribution is -2.37. The third-order valence-electron chi connectivity index (χ3n) is 4.83. The van der Waals surface area contributed by atoms with E-state index in [2.05, 4.69) is 51.8 Å². The number of hydrogen-bond acceptors (Lipinski definition) is 3. The van der Waals surface area contributed by atoms with Gasteiger partial charge in [-0.1, -0.05) is 24.3 Å².